The normalized spacial score (nSPS) is 18.9. The second-order valence-corrected chi connectivity index (χ2v) is 6.15. The second-order valence-electron chi connectivity index (χ2n) is 6.15. The molecule has 1 aliphatic heterocycles. The summed E-state index contributed by atoms with van der Waals surface area (Å²) >= 11 is 0. The molecule has 1 rings (SSSR count). The van der Waals surface area contributed by atoms with E-state index in [4.69, 9.17) is 0 Å². The van der Waals surface area contributed by atoms with E-state index < -0.39 is 6.10 Å². The SMILES string of the molecule is CC(C)(C)CC(O)CNC(=O)N1CCCCC1. The highest BCUT2D eigenvalue weighted by Gasteiger charge is 2.19. The predicted octanol–water partition coefficient (Wildman–Crippen LogP) is 1.98. The highest BCUT2D eigenvalue weighted by molar-refractivity contribution is 5.74. The molecular formula is C13H26N2O2. The minimum Gasteiger partial charge on any atom is -0.391 e. The fourth-order valence-electron chi connectivity index (χ4n) is 2.19. The standard InChI is InChI=1S/C13H26N2O2/c1-13(2,3)9-11(16)10-14-12(17)15-7-5-4-6-8-15/h11,16H,4-10H2,1-3H3,(H,14,17). The molecular weight excluding hydrogens is 216 g/mol. The summed E-state index contributed by atoms with van der Waals surface area (Å²) in [4.78, 5) is 13.6. The lowest BCUT2D eigenvalue weighted by molar-refractivity contribution is 0.116. The number of carbonyl (C=O) groups is 1. The molecule has 0 saturated carbocycles. The van der Waals surface area contributed by atoms with Gasteiger partial charge in [-0.3, -0.25) is 0 Å². The molecule has 0 bridgehead atoms. The van der Waals surface area contributed by atoms with Gasteiger partial charge in [0.15, 0.2) is 0 Å². The first-order chi connectivity index (χ1) is 7.88. The first-order valence-corrected chi connectivity index (χ1v) is 6.59. The van der Waals surface area contributed by atoms with E-state index in [9.17, 15) is 9.90 Å². The molecule has 0 aromatic rings. The molecule has 4 nitrogen and oxygen atoms in total. The summed E-state index contributed by atoms with van der Waals surface area (Å²) in [6.45, 7) is 8.31. The van der Waals surface area contributed by atoms with Crippen LogP contribution in [-0.2, 0) is 0 Å². The highest BCUT2D eigenvalue weighted by atomic mass is 16.3. The van der Waals surface area contributed by atoms with Crippen molar-refractivity contribution in [3.05, 3.63) is 0 Å². The van der Waals surface area contributed by atoms with Crippen molar-refractivity contribution in [3.63, 3.8) is 0 Å². The Morgan fingerprint density at radius 1 is 1.29 bits per heavy atom. The molecule has 0 aliphatic carbocycles. The van der Waals surface area contributed by atoms with Gasteiger partial charge in [0.25, 0.3) is 0 Å². The van der Waals surface area contributed by atoms with Gasteiger partial charge in [-0.15, -0.1) is 0 Å². The molecule has 1 unspecified atom stereocenters. The molecule has 2 N–H and O–H groups in total. The Morgan fingerprint density at radius 2 is 1.88 bits per heavy atom. The summed E-state index contributed by atoms with van der Waals surface area (Å²) in [5.41, 5.74) is 0.0925. The van der Waals surface area contributed by atoms with E-state index in [0.717, 1.165) is 25.9 Å². The zero-order valence-corrected chi connectivity index (χ0v) is 11.3. The topological polar surface area (TPSA) is 52.6 Å². The fraction of sp³-hybridized carbons (Fsp3) is 0.923. The molecule has 17 heavy (non-hydrogen) atoms. The van der Waals surface area contributed by atoms with Gasteiger partial charge in [-0.05, 0) is 31.1 Å². The Kier molecular flexibility index (Phi) is 5.25. The first kappa shape index (κ1) is 14.3. The Bertz CT molecular complexity index is 242. The molecule has 0 spiro atoms. The van der Waals surface area contributed by atoms with Crippen molar-refractivity contribution in [1.29, 1.82) is 0 Å². The van der Waals surface area contributed by atoms with Gasteiger partial charge in [-0.1, -0.05) is 20.8 Å². The van der Waals surface area contributed by atoms with Crippen molar-refractivity contribution in [1.82, 2.24) is 10.2 Å². The van der Waals surface area contributed by atoms with E-state index in [1.807, 2.05) is 4.90 Å². The van der Waals surface area contributed by atoms with E-state index in [-0.39, 0.29) is 11.4 Å². The minimum atomic E-state index is -0.455. The molecule has 1 aliphatic rings. The Hall–Kier alpha value is -0.770. The minimum absolute atomic E-state index is 0.0299. The summed E-state index contributed by atoms with van der Waals surface area (Å²) < 4.78 is 0. The van der Waals surface area contributed by atoms with Crippen LogP contribution < -0.4 is 5.32 Å². The molecule has 0 aromatic carbocycles. The van der Waals surface area contributed by atoms with Crippen molar-refractivity contribution in [2.24, 2.45) is 5.41 Å². The van der Waals surface area contributed by atoms with Crippen LogP contribution in [0.1, 0.15) is 46.5 Å². The van der Waals surface area contributed by atoms with E-state index in [1.54, 1.807) is 0 Å². The number of amides is 2. The number of aliphatic hydroxyl groups is 1. The number of nitrogens with zero attached hydrogens (tertiary/aromatic N) is 1. The van der Waals surface area contributed by atoms with Crippen molar-refractivity contribution < 1.29 is 9.90 Å². The van der Waals surface area contributed by atoms with Gasteiger partial charge in [0, 0.05) is 19.6 Å². The average molecular weight is 242 g/mol. The molecule has 2 amide bonds. The first-order valence-electron chi connectivity index (χ1n) is 6.59. The molecule has 1 fully saturated rings. The third-order valence-electron chi connectivity index (χ3n) is 2.98. The number of likely N-dealkylation sites (tertiary alicyclic amines) is 1. The van der Waals surface area contributed by atoms with Crippen molar-refractivity contribution in [2.45, 2.75) is 52.6 Å². The zero-order chi connectivity index (χ0) is 12.9. The Labute approximate surface area is 104 Å². The van der Waals surface area contributed by atoms with Crippen LogP contribution in [0.25, 0.3) is 0 Å². The summed E-state index contributed by atoms with van der Waals surface area (Å²) in [7, 11) is 0. The van der Waals surface area contributed by atoms with Crippen LogP contribution >= 0.6 is 0 Å². The van der Waals surface area contributed by atoms with Gasteiger partial charge >= 0.3 is 6.03 Å². The van der Waals surface area contributed by atoms with Gasteiger partial charge in [0.2, 0.25) is 0 Å². The Morgan fingerprint density at radius 3 is 2.41 bits per heavy atom. The van der Waals surface area contributed by atoms with E-state index >= 15 is 0 Å². The number of rotatable bonds is 3. The largest absolute Gasteiger partial charge is 0.391 e. The quantitative estimate of drug-likeness (QED) is 0.795. The van der Waals surface area contributed by atoms with E-state index in [0.29, 0.717) is 13.0 Å². The number of hydrogen-bond acceptors (Lipinski definition) is 2. The molecule has 100 valence electrons. The molecule has 0 radical (unpaired) electrons. The number of nitrogens with one attached hydrogen (secondary N) is 1. The Balaban J connectivity index is 2.22. The summed E-state index contributed by atoms with van der Waals surface area (Å²) in [5.74, 6) is 0. The molecule has 1 heterocycles. The van der Waals surface area contributed by atoms with Gasteiger partial charge in [-0.2, -0.15) is 0 Å². The highest BCUT2D eigenvalue weighted by Crippen LogP contribution is 2.20. The van der Waals surface area contributed by atoms with Crippen LogP contribution in [0.2, 0.25) is 0 Å². The fourth-order valence-corrected chi connectivity index (χ4v) is 2.19. The predicted molar refractivity (Wildman–Crippen MR) is 68.9 cm³/mol. The maximum absolute atomic E-state index is 11.8. The lowest BCUT2D eigenvalue weighted by Crippen LogP contribution is -2.45. The maximum atomic E-state index is 11.8. The molecule has 1 atom stereocenters. The lowest BCUT2D eigenvalue weighted by Gasteiger charge is -2.28. The van der Waals surface area contributed by atoms with Crippen LogP contribution in [0.3, 0.4) is 0 Å². The average Bonchev–Trinajstić information content (AvgIpc) is 2.25. The number of carbonyl (C=O) groups excluding carboxylic acids is 1. The van der Waals surface area contributed by atoms with Crippen molar-refractivity contribution in [2.75, 3.05) is 19.6 Å². The smallest absolute Gasteiger partial charge is 0.317 e. The number of piperidine rings is 1. The van der Waals surface area contributed by atoms with Crippen LogP contribution in [0.15, 0.2) is 0 Å². The van der Waals surface area contributed by atoms with Gasteiger partial charge < -0.3 is 15.3 Å². The van der Waals surface area contributed by atoms with E-state index in [1.165, 1.54) is 6.42 Å². The second kappa shape index (κ2) is 6.24. The molecule has 1 saturated heterocycles. The van der Waals surface area contributed by atoms with Crippen molar-refractivity contribution in [3.8, 4) is 0 Å². The summed E-state index contributed by atoms with van der Waals surface area (Å²) in [6, 6.07) is -0.0299. The summed E-state index contributed by atoms with van der Waals surface area (Å²) in [5, 5.41) is 12.6. The summed E-state index contributed by atoms with van der Waals surface area (Å²) in [6.07, 6.45) is 3.66. The zero-order valence-electron chi connectivity index (χ0n) is 11.3. The van der Waals surface area contributed by atoms with Crippen molar-refractivity contribution >= 4 is 6.03 Å². The van der Waals surface area contributed by atoms with Gasteiger partial charge in [0.05, 0.1) is 6.10 Å². The van der Waals surface area contributed by atoms with E-state index in [2.05, 4.69) is 26.1 Å². The van der Waals surface area contributed by atoms with Gasteiger partial charge in [0.1, 0.15) is 0 Å². The van der Waals surface area contributed by atoms with Gasteiger partial charge in [-0.25, -0.2) is 4.79 Å². The number of aliphatic hydroxyl groups excluding tert-OH is 1. The van der Waals surface area contributed by atoms with Crippen LogP contribution in [0, 0.1) is 5.41 Å². The molecule has 0 aromatic heterocycles. The van der Waals surface area contributed by atoms with Crippen LogP contribution in [-0.4, -0.2) is 41.8 Å². The number of urea groups is 1. The maximum Gasteiger partial charge on any atom is 0.317 e. The third kappa shape index (κ3) is 5.91. The number of hydrogen-bond donors (Lipinski definition) is 2. The lowest BCUT2D eigenvalue weighted by atomic mass is 9.89. The monoisotopic (exact) mass is 242 g/mol. The molecule has 4 heteroatoms. The third-order valence-corrected chi connectivity index (χ3v) is 2.98. The van der Waals surface area contributed by atoms with Crippen LogP contribution in [0.4, 0.5) is 4.79 Å². The van der Waals surface area contributed by atoms with Crippen LogP contribution in [0.5, 0.6) is 0 Å².